The van der Waals surface area contributed by atoms with Gasteiger partial charge < -0.3 is 19.3 Å². The number of hydrogen-bond donors (Lipinski definition) is 1. The van der Waals surface area contributed by atoms with Crippen molar-refractivity contribution in [1.29, 1.82) is 0 Å². The molecule has 0 spiro atoms. The summed E-state index contributed by atoms with van der Waals surface area (Å²) in [5.74, 6) is -0.523. The second-order valence-electron chi connectivity index (χ2n) is 8.06. The Morgan fingerprint density at radius 2 is 1.32 bits per heavy atom. The summed E-state index contributed by atoms with van der Waals surface area (Å²) in [5.41, 5.74) is 4.84. The van der Waals surface area contributed by atoms with Crippen LogP contribution in [0.4, 0.5) is 0 Å². The Bertz CT molecular complexity index is 1210. The summed E-state index contributed by atoms with van der Waals surface area (Å²) in [5, 5.41) is 8.93. The van der Waals surface area contributed by atoms with Crippen LogP contribution in [0.2, 0.25) is 0 Å². The lowest BCUT2D eigenvalue weighted by Crippen LogP contribution is -2.09. The molecule has 1 fully saturated rings. The largest absolute Gasteiger partial charge is 0.482 e. The summed E-state index contributed by atoms with van der Waals surface area (Å²) in [6.07, 6.45) is -1.09. The predicted octanol–water partition coefficient (Wildman–Crippen LogP) is 6.35. The Kier molecular flexibility index (Phi) is 6.38. The second-order valence-corrected chi connectivity index (χ2v) is 8.06. The number of benzene rings is 4. The van der Waals surface area contributed by atoms with Gasteiger partial charge >= 0.3 is 5.97 Å². The van der Waals surface area contributed by atoms with Gasteiger partial charge in [0, 0.05) is 5.56 Å². The first-order valence-corrected chi connectivity index (χ1v) is 11.1. The molecule has 170 valence electrons. The third-order valence-corrected chi connectivity index (χ3v) is 5.79. The van der Waals surface area contributed by atoms with Crippen LogP contribution in [0, 0.1) is 0 Å². The van der Waals surface area contributed by atoms with Gasteiger partial charge in [-0.25, -0.2) is 4.79 Å². The van der Waals surface area contributed by atoms with Gasteiger partial charge in [0.05, 0.1) is 0 Å². The summed E-state index contributed by atoms with van der Waals surface area (Å²) in [6.45, 7) is -0.391. The van der Waals surface area contributed by atoms with Crippen molar-refractivity contribution in [2.45, 2.75) is 18.5 Å². The van der Waals surface area contributed by atoms with E-state index in [1.165, 1.54) is 0 Å². The third kappa shape index (κ3) is 4.71. The maximum absolute atomic E-state index is 10.9. The number of carboxylic acids is 1. The van der Waals surface area contributed by atoms with E-state index < -0.39 is 18.9 Å². The van der Waals surface area contributed by atoms with Crippen molar-refractivity contribution < 1.29 is 24.1 Å². The maximum Gasteiger partial charge on any atom is 0.341 e. The van der Waals surface area contributed by atoms with Crippen molar-refractivity contribution in [3.05, 3.63) is 126 Å². The molecule has 1 N–H and O–H groups in total. The zero-order valence-electron chi connectivity index (χ0n) is 18.4. The molecule has 4 aromatic carbocycles. The topological polar surface area (TPSA) is 65.0 Å². The van der Waals surface area contributed by atoms with E-state index in [9.17, 15) is 4.79 Å². The highest BCUT2D eigenvalue weighted by atomic mass is 16.7. The van der Waals surface area contributed by atoms with E-state index in [4.69, 9.17) is 19.3 Å². The van der Waals surface area contributed by atoms with Crippen LogP contribution >= 0.6 is 0 Å². The molecule has 1 heterocycles. The van der Waals surface area contributed by atoms with Crippen LogP contribution in [0.1, 0.15) is 35.2 Å². The van der Waals surface area contributed by atoms with E-state index in [1.54, 1.807) is 6.07 Å². The average molecular weight is 453 g/mol. The van der Waals surface area contributed by atoms with Crippen molar-refractivity contribution in [3.8, 4) is 16.9 Å². The molecular formula is C29H24O5. The molecule has 4 aromatic rings. The Morgan fingerprint density at radius 3 is 1.94 bits per heavy atom. The predicted molar refractivity (Wildman–Crippen MR) is 128 cm³/mol. The molecule has 0 amide bonds. The van der Waals surface area contributed by atoms with Gasteiger partial charge in [0.1, 0.15) is 18.0 Å². The number of aliphatic carboxylic acids is 1. The summed E-state index contributed by atoms with van der Waals surface area (Å²) in [7, 11) is 0. The van der Waals surface area contributed by atoms with Crippen LogP contribution in [0.5, 0.6) is 5.75 Å². The fraction of sp³-hybridized carbons (Fsp3) is 0.138. The van der Waals surface area contributed by atoms with Crippen LogP contribution in [0.15, 0.2) is 109 Å². The molecule has 2 atom stereocenters. The minimum absolute atomic E-state index is 0.258. The molecule has 1 saturated heterocycles. The van der Waals surface area contributed by atoms with Crippen LogP contribution in [0.25, 0.3) is 11.1 Å². The van der Waals surface area contributed by atoms with Crippen molar-refractivity contribution in [2.24, 2.45) is 0 Å². The van der Waals surface area contributed by atoms with Crippen LogP contribution in [-0.2, 0) is 14.3 Å². The molecule has 1 aliphatic rings. The molecule has 2 unspecified atom stereocenters. The normalized spacial score (nSPS) is 19.6. The first kappa shape index (κ1) is 21.9. The molecule has 0 saturated carbocycles. The summed E-state index contributed by atoms with van der Waals surface area (Å²) < 4.78 is 18.5. The number of ether oxygens (including phenoxy) is 3. The van der Waals surface area contributed by atoms with E-state index in [1.807, 2.05) is 78.9 Å². The van der Waals surface area contributed by atoms with Crippen molar-refractivity contribution in [1.82, 2.24) is 0 Å². The smallest absolute Gasteiger partial charge is 0.341 e. The lowest BCUT2D eigenvalue weighted by atomic mass is 9.99. The lowest BCUT2D eigenvalue weighted by molar-refractivity contribution is -0.139. The van der Waals surface area contributed by atoms with Gasteiger partial charge in [-0.15, -0.1) is 0 Å². The highest BCUT2D eigenvalue weighted by Crippen LogP contribution is 2.49. The summed E-state index contributed by atoms with van der Waals surface area (Å²) in [6, 6.07) is 35.5. The maximum atomic E-state index is 10.9. The van der Waals surface area contributed by atoms with Gasteiger partial charge in [0.2, 0.25) is 0 Å². The van der Waals surface area contributed by atoms with Gasteiger partial charge in [-0.1, -0.05) is 97.1 Å². The highest BCUT2D eigenvalue weighted by molar-refractivity contribution is 5.70. The van der Waals surface area contributed by atoms with Gasteiger partial charge in [0.25, 0.3) is 0 Å². The number of carboxylic acid groups (broad SMARTS) is 1. The molecule has 34 heavy (non-hydrogen) atoms. The molecule has 5 rings (SSSR count). The van der Waals surface area contributed by atoms with Gasteiger partial charge in [0.15, 0.2) is 12.9 Å². The van der Waals surface area contributed by atoms with Gasteiger partial charge in [-0.05, 0) is 34.4 Å². The quantitative estimate of drug-likeness (QED) is 0.354. The van der Waals surface area contributed by atoms with E-state index in [2.05, 4.69) is 24.3 Å². The van der Waals surface area contributed by atoms with Crippen molar-refractivity contribution in [2.75, 3.05) is 6.61 Å². The number of carbonyl (C=O) groups is 1. The van der Waals surface area contributed by atoms with Crippen LogP contribution in [-0.4, -0.2) is 17.7 Å². The molecule has 0 bridgehead atoms. The first-order valence-electron chi connectivity index (χ1n) is 11.1. The average Bonchev–Trinajstić information content (AvgIpc) is 3.34. The fourth-order valence-electron chi connectivity index (χ4n) is 4.24. The van der Waals surface area contributed by atoms with E-state index in [-0.39, 0.29) is 12.2 Å². The molecule has 5 nitrogen and oxygen atoms in total. The lowest BCUT2D eigenvalue weighted by Gasteiger charge is -2.17. The zero-order valence-corrected chi connectivity index (χ0v) is 18.4. The Labute approximate surface area is 198 Å². The van der Waals surface area contributed by atoms with Crippen molar-refractivity contribution >= 4 is 5.97 Å². The summed E-state index contributed by atoms with van der Waals surface area (Å²) in [4.78, 5) is 10.9. The van der Waals surface area contributed by atoms with E-state index in [0.717, 1.165) is 27.8 Å². The monoisotopic (exact) mass is 452 g/mol. The van der Waals surface area contributed by atoms with E-state index >= 15 is 0 Å². The molecule has 0 aliphatic carbocycles. The Morgan fingerprint density at radius 1 is 0.735 bits per heavy atom. The highest BCUT2D eigenvalue weighted by Gasteiger charge is 2.39. The first-order chi connectivity index (χ1) is 16.7. The molecule has 0 radical (unpaired) electrons. The minimum Gasteiger partial charge on any atom is -0.482 e. The van der Waals surface area contributed by atoms with Gasteiger partial charge in [-0.2, -0.15) is 0 Å². The SMILES string of the molecule is O=C(O)COc1cccc(-c2ccccc2C2OC(c3ccccc3)C(c3ccccc3)O2)c1. The van der Waals surface area contributed by atoms with Gasteiger partial charge in [-0.3, -0.25) is 0 Å². The van der Waals surface area contributed by atoms with Crippen LogP contribution in [0.3, 0.4) is 0 Å². The Hall–Kier alpha value is -3.93. The van der Waals surface area contributed by atoms with Crippen LogP contribution < -0.4 is 4.74 Å². The molecular weight excluding hydrogens is 428 g/mol. The molecule has 1 aliphatic heterocycles. The summed E-state index contributed by atoms with van der Waals surface area (Å²) >= 11 is 0. The third-order valence-electron chi connectivity index (χ3n) is 5.79. The van der Waals surface area contributed by atoms with Crippen molar-refractivity contribution in [3.63, 3.8) is 0 Å². The Balaban J connectivity index is 1.49. The number of hydrogen-bond acceptors (Lipinski definition) is 4. The fourth-order valence-corrected chi connectivity index (χ4v) is 4.24. The minimum atomic E-state index is -1.02. The number of rotatable bonds is 7. The standard InChI is InChI=1S/C29H24O5/c30-26(31)19-32-23-15-9-14-22(18-23)24-16-7-8-17-25(24)29-33-27(20-10-3-1-4-11-20)28(34-29)21-12-5-2-6-13-21/h1-18,27-29H,19H2,(H,30,31). The second kappa shape index (κ2) is 9.91. The molecule has 0 aromatic heterocycles. The molecule has 5 heteroatoms. The van der Waals surface area contributed by atoms with E-state index in [0.29, 0.717) is 5.75 Å². The zero-order chi connectivity index (χ0) is 23.3.